The summed E-state index contributed by atoms with van der Waals surface area (Å²) in [7, 11) is 0. The van der Waals surface area contributed by atoms with Gasteiger partial charge < -0.3 is 14.7 Å². The summed E-state index contributed by atoms with van der Waals surface area (Å²) in [5, 5.41) is 9.05. The van der Waals surface area contributed by atoms with E-state index in [4.69, 9.17) is 9.84 Å². The van der Waals surface area contributed by atoms with Crippen molar-refractivity contribution in [3.8, 4) is 11.1 Å². The lowest BCUT2D eigenvalue weighted by Gasteiger charge is -2.30. The third-order valence-electron chi connectivity index (χ3n) is 5.49. The minimum atomic E-state index is -1.03. The number of benzene rings is 3. The van der Waals surface area contributed by atoms with E-state index in [0.717, 1.165) is 5.56 Å². The number of rotatable bonds is 5. The van der Waals surface area contributed by atoms with Gasteiger partial charge in [0, 0.05) is 18.7 Å². The molecular weight excluding hydrogens is 416 g/mol. The average molecular weight is 437 g/mol. The van der Waals surface area contributed by atoms with Gasteiger partial charge in [-0.3, -0.25) is 4.79 Å². The molecule has 3 aromatic rings. The third-order valence-corrected chi connectivity index (χ3v) is 5.49. The smallest absolute Gasteiger partial charge is 0.410 e. The maximum absolute atomic E-state index is 14.7. The number of carboxylic acid groups (broad SMARTS) is 1. The first-order valence-electron chi connectivity index (χ1n) is 10.2. The quantitative estimate of drug-likeness (QED) is 0.613. The van der Waals surface area contributed by atoms with E-state index >= 15 is 0 Å². The molecule has 0 bridgehead atoms. The van der Waals surface area contributed by atoms with Crippen molar-refractivity contribution in [3.63, 3.8) is 0 Å². The van der Waals surface area contributed by atoms with E-state index < -0.39 is 23.7 Å². The van der Waals surface area contributed by atoms with Crippen LogP contribution in [0.2, 0.25) is 0 Å². The first kappa shape index (κ1) is 21.5. The summed E-state index contributed by atoms with van der Waals surface area (Å²) in [4.78, 5) is 25.2. The number of carbonyl (C=O) groups excluding carboxylic acids is 1. The van der Waals surface area contributed by atoms with E-state index in [1.54, 1.807) is 0 Å². The number of carboxylic acids is 1. The minimum Gasteiger partial charge on any atom is -0.481 e. The lowest BCUT2D eigenvalue weighted by molar-refractivity contribution is -0.136. The summed E-state index contributed by atoms with van der Waals surface area (Å²) in [6.45, 7) is 0.464. The molecule has 1 aliphatic heterocycles. The van der Waals surface area contributed by atoms with Gasteiger partial charge in [-0.1, -0.05) is 42.5 Å². The molecule has 5 nitrogen and oxygen atoms in total. The predicted octanol–water partition coefficient (Wildman–Crippen LogP) is 4.95. The Labute approximate surface area is 183 Å². The molecule has 32 heavy (non-hydrogen) atoms. The fraction of sp³-hybridized carbons (Fsp3) is 0.200. The molecule has 0 radical (unpaired) electrons. The largest absolute Gasteiger partial charge is 0.481 e. The number of hydrogen-bond acceptors (Lipinski definition) is 3. The number of amides is 1. The molecule has 1 amide bonds. The zero-order valence-corrected chi connectivity index (χ0v) is 17.2. The Bertz CT molecular complexity index is 1160. The van der Waals surface area contributed by atoms with Gasteiger partial charge in [0.1, 0.15) is 18.2 Å². The number of fused-ring (bicyclic) bond motifs is 1. The fourth-order valence-corrected chi connectivity index (χ4v) is 3.91. The van der Waals surface area contributed by atoms with Crippen LogP contribution < -0.4 is 0 Å². The predicted molar refractivity (Wildman–Crippen MR) is 114 cm³/mol. The van der Waals surface area contributed by atoms with Crippen LogP contribution in [0, 0.1) is 11.6 Å². The molecule has 0 aliphatic carbocycles. The molecule has 0 spiro atoms. The molecule has 164 valence electrons. The van der Waals surface area contributed by atoms with Gasteiger partial charge in [0.05, 0.1) is 6.42 Å². The molecule has 1 N–H and O–H groups in total. The van der Waals surface area contributed by atoms with Crippen LogP contribution in [0.3, 0.4) is 0 Å². The molecule has 1 heterocycles. The summed E-state index contributed by atoms with van der Waals surface area (Å²) in [5.74, 6) is -1.99. The van der Waals surface area contributed by atoms with Crippen LogP contribution in [0.15, 0.2) is 60.7 Å². The number of aliphatic carboxylic acids is 1. The Morgan fingerprint density at radius 1 is 0.906 bits per heavy atom. The second kappa shape index (κ2) is 9.18. The van der Waals surface area contributed by atoms with E-state index in [9.17, 15) is 18.4 Å². The van der Waals surface area contributed by atoms with E-state index in [1.165, 1.54) is 35.2 Å². The molecule has 0 aromatic heterocycles. The van der Waals surface area contributed by atoms with Crippen LogP contribution in [0.5, 0.6) is 0 Å². The number of carbonyl (C=O) groups is 2. The standard InChI is InChI=1S/C25H21F2NO4/c26-22-9-7-18(20-12-17(13-24(29)30)6-8-23(20)27)21-14-28(11-10-19(21)22)25(31)32-15-16-4-2-1-3-5-16/h1-9,12H,10-11,13-15H2,(H,29,30). The Balaban J connectivity index is 1.61. The molecule has 7 heteroatoms. The highest BCUT2D eigenvalue weighted by atomic mass is 19.1. The van der Waals surface area contributed by atoms with Gasteiger partial charge >= 0.3 is 12.1 Å². The van der Waals surface area contributed by atoms with Gasteiger partial charge in [0.15, 0.2) is 0 Å². The monoisotopic (exact) mass is 437 g/mol. The topological polar surface area (TPSA) is 66.8 Å². The molecule has 3 aromatic carbocycles. The van der Waals surface area contributed by atoms with Gasteiger partial charge in [0.2, 0.25) is 0 Å². The van der Waals surface area contributed by atoms with Crippen molar-refractivity contribution in [2.75, 3.05) is 6.54 Å². The number of hydrogen-bond donors (Lipinski definition) is 1. The summed E-state index contributed by atoms with van der Waals surface area (Å²) >= 11 is 0. The molecule has 4 rings (SSSR count). The van der Waals surface area contributed by atoms with Gasteiger partial charge in [-0.25, -0.2) is 13.6 Å². The molecule has 1 aliphatic rings. The summed E-state index contributed by atoms with van der Waals surface area (Å²) in [5.41, 5.74) is 2.83. The van der Waals surface area contributed by atoms with Crippen molar-refractivity contribution < 1.29 is 28.2 Å². The highest BCUT2D eigenvalue weighted by molar-refractivity contribution is 5.75. The van der Waals surface area contributed by atoms with Crippen LogP contribution in [-0.4, -0.2) is 28.6 Å². The molecule has 0 saturated heterocycles. The fourth-order valence-electron chi connectivity index (χ4n) is 3.91. The maximum Gasteiger partial charge on any atom is 0.410 e. The molecule has 0 saturated carbocycles. The van der Waals surface area contributed by atoms with Crippen LogP contribution in [0.4, 0.5) is 13.6 Å². The Morgan fingerprint density at radius 3 is 2.41 bits per heavy atom. The van der Waals surface area contributed by atoms with Crippen LogP contribution in [-0.2, 0) is 35.5 Å². The molecule has 0 atom stereocenters. The van der Waals surface area contributed by atoms with Crippen LogP contribution in [0.1, 0.15) is 22.3 Å². The lowest BCUT2D eigenvalue weighted by atomic mass is 9.89. The zero-order chi connectivity index (χ0) is 22.7. The van der Waals surface area contributed by atoms with Crippen LogP contribution >= 0.6 is 0 Å². The first-order chi connectivity index (χ1) is 15.4. The normalized spacial score (nSPS) is 12.9. The SMILES string of the molecule is O=C(O)Cc1ccc(F)c(-c2ccc(F)c3c2CN(C(=O)OCc2ccccc2)CC3)c1. The summed E-state index contributed by atoms with van der Waals surface area (Å²) in [6, 6.07) is 16.1. The van der Waals surface area contributed by atoms with Crippen molar-refractivity contribution in [1.82, 2.24) is 4.90 Å². The summed E-state index contributed by atoms with van der Waals surface area (Å²) in [6.07, 6.45) is -0.518. The number of ether oxygens (including phenoxy) is 1. The van der Waals surface area contributed by atoms with E-state index in [1.807, 2.05) is 30.3 Å². The Kier molecular flexibility index (Phi) is 6.16. The van der Waals surface area contributed by atoms with Gasteiger partial charge in [-0.05, 0) is 52.4 Å². The third kappa shape index (κ3) is 4.61. The summed E-state index contributed by atoms with van der Waals surface area (Å²) < 4.78 is 34.6. The molecular formula is C25H21F2NO4. The Morgan fingerprint density at radius 2 is 1.66 bits per heavy atom. The van der Waals surface area contributed by atoms with Crippen molar-refractivity contribution >= 4 is 12.1 Å². The highest BCUT2D eigenvalue weighted by Crippen LogP contribution is 2.34. The Hall–Kier alpha value is -3.74. The van der Waals surface area contributed by atoms with Gasteiger partial charge in [-0.15, -0.1) is 0 Å². The first-order valence-corrected chi connectivity index (χ1v) is 10.2. The van der Waals surface area contributed by atoms with E-state index in [2.05, 4.69) is 0 Å². The molecule has 0 unspecified atom stereocenters. The zero-order valence-electron chi connectivity index (χ0n) is 17.2. The van der Waals surface area contributed by atoms with Crippen molar-refractivity contribution in [2.24, 2.45) is 0 Å². The lowest BCUT2D eigenvalue weighted by Crippen LogP contribution is -2.37. The van der Waals surface area contributed by atoms with Crippen molar-refractivity contribution in [3.05, 3.63) is 94.6 Å². The van der Waals surface area contributed by atoms with Crippen molar-refractivity contribution in [1.29, 1.82) is 0 Å². The molecule has 0 fully saturated rings. The van der Waals surface area contributed by atoms with E-state index in [-0.39, 0.29) is 38.1 Å². The number of halogens is 2. The van der Waals surface area contributed by atoms with Gasteiger partial charge in [-0.2, -0.15) is 0 Å². The van der Waals surface area contributed by atoms with Crippen molar-refractivity contribution in [2.45, 2.75) is 26.0 Å². The second-order valence-electron chi connectivity index (χ2n) is 7.65. The average Bonchev–Trinajstić information content (AvgIpc) is 2.79. The minimum absolute atomic E-state index is 0.0681. The van der Waals surface area contributed by atoms with E-state index in [0.29, 0.717) is 22.3 Å². The second-order valence-corrected chi connectivity index (χ2v) is 7.65. The number of nitrogens with zero attached hydrogens (tertiary/aromatic N) is 1. The highest BCUT2D eigenvalue weighted by Gasteiger charge is 2.27. The van der Waals surface area contributed by atoms with Gasteiger partial charge in [0.25, 0.3) is 0 Å². The van der Waals surface area contributed by atoms with Crippen LogP contribution in [0.25, 0.3) is 11.1 Å². The maximum atomic E-state index is 14.7.